The number of phenolic OH excluding ortho intramolecular Hbond substituents is 2. The quantitative estimate of drug-likeness (QED) is 0.542. The summed E-state index contributed by atoms with van der Waals surface area (Å²) >= 11 is 0. The molecule has 0 bridgehead atoms. The number of hydrogen-bond acceptors (Lipinski definition) is 4. The van der Waals surface area contributed by atoms with Gasteiger partial charge in [-0.15, -0.1) is 0 Å². The van der Waals surface area contributed by atoms with E-state index < -0.39 is 0 Å². The smallest absolute Gasteiger partial charge is 0.196 e. The molecular weight excluding hydrogens is 302 g/mol. The van der Waals surface area contributed by atoms with Gasteiger partial charge in [-0.25, -0.2) is 0 Å². The highest BCUT2D eigenvalue weighted by Gasteiger charge is 2.23. The lowest BCUT2D eigenvalue weighted by molar-refractivity contribution is 0.103. The van der Waals surface area contributed by atoms with Crippen molar-refractivity contribution in [3.8, 4) is 11.5 Å². The standard InChI is InChI=1S/C20H25NO3/c1-12(2)17(13(3)4)21-18-16(22)11-10-15(20(18)24)19(23)14-8-6-5-7-9-14/h5-13,17,21-22,24H,1-4H3. The summed E-state index contributed by atoms with van der Waals surface area (Å²) in [7, 11) is 0. The molecule has 24 heavy (non-hydrogen) atoms. The van der Waals surface area contributed by atoms with Gasteiger partial charge in [0, 0.05) is 11.6 Å². The van der Waals surface area contributed by atoms with Gasteiger partial charge in [0.15, 0.2) is 11.5 Å². The van der Waals surface area contributed by atoms with Crippen LogP contribution in [0.4, 0.5) is 5.69 Å². The molecule has 0 atom stereocenters. The first-order valence-electron chi connectivity index (χ1n) is 8.24. The second-order valence-corrected chi connectivity index (χ2v) is 6.71. The predicted octanol–water partition coefficient (Wildman–Crippen LogP) is 4.42. The molecule has 0 fully saturated rings. The fraction of sp³-hybridized carbons (Fsp3) is 0.350. The Kier molecular flexibility index (Phi) is 5.50. The van der Waals surface area contributed by atoms with E-state index in [1.807, 2.05) is 6.07 Å². The zero-order chi connectivity index (χ0) is 17.9. The minimum atomic E-state index is -0.276. The summed E-state index contributed by atoms with van der Waals surface area (Å²) in [5.74, 6) is 0.0509. The van der Waals surface area contributed by atoms with Crippen molar-refractivity contribution in [2.45, 2.75) is 33.7 Å². The van der Waals surface area contributed by atoms with E-state index in [-0.39, 0.29) is 34.6 Å². The maximum Gasteiger partial charge on any atom is 0.196 e. The first-order chi connectivity index (χ1) is 11.3. The SMILES string of the molecule is CC(C)C(Nc1c(O)ccc(C(=O)c2ccccc2)c1O)C(C)C. The van der Waals surface area contributed by atoms with E-state index in [2.05, 4.69) is 33.0 Å². The van der Waals surface area contributed by atoms with Crippen LogP contribution in [0.1, 0.15) is 43.6 Å². The van der Waals surface area contributed by atoms with Crippen LogP contribution in [0.5, 0.6) is 11.5 Å². The molecule has 0 aliphatic carbocycles. The van der Waals surface area contributed by atoms with Crippen molar-refractivity contribution < 1.29 is 15.0 Å². The zero-order valence-corrected chi connectivity index (χ0v) is 14.6. The monoisotopic (exact) mass is 327 g/mol. The molecule has 0 saturated heterocycles. The van der Waals surface area contributed by atoms with Crippen molar-refractivity contribution in [1.29, 1.82) is 0 Å². The highest BCUT2D eigenvalue weighted by atomic mass is 16.3. The number of benzene rings is 2. The summed E-state index contributed by atoms with van der Waals surface area (Å²) in [5.41, 5.74) is 0.880. The third-order valence-corrected chi connectivity index (χ3v) is 4.18. The molecular formula is C20H25NO3. The summed E-state index contributed by atoms with van der Waals surface area (Å²) in [5, 5.41) is 23.9. The van der Waals surface area contributed by atoms with E-state index in [0.717, 1.165) is 0 Å². The number of phenols is 2. The minimum Gasteiger partial charge on any atom is -0.506 e. The molecule has 2 aromatic rings. The predicted molar refractivity (Wildman–Crippen MR) is 96.7 cm³/mol. The van der Waals surface area contributed by atoms with Crippen LogP contribution < -0.4 is 5.32 Å². The van der Waals surface area contributed by atoms with Gasteiger partial charge in [0.05, 0.1) is 5.56 Å². The Labute approximate surface area is 143 Å². The van der Waals surface area contributed by atoms with Crippen LogP contribution in [-0.2, 0) is 0 Å². The molecule has 0 saturated carbocycles. The molecule has 3 N–H and O–H groups in total. The lowest BCUT2D eigenvalue weighted by Gasteiger charge is -2.28. The van der Waals surface area contributed by atoms with Gasteiger partial charge in [0.25, 0.3) is 0 Å². The fourth-order valence-electron chi connectivity index (χ4n) is 2.92. The van der Waals surface area contributed by atoms with Gasteiger partial charge in [0.1, 0.15) is 11.4 Å². The Morgan fingerprint density at radius 2 is 1.50 bits per heavy atom. The molecule has 2 aromatic carbocycles. The minimum absolute atomic E-state index is 0.0591. The van der Waals surface area contributed by atoms with Crippen LogP contribution in [-0.4, -0.2) is 22.0 Å². The van der Waals surface area contributed by atoms with Gasteiger partial charge in [0.2, 0.25) is 0 Å². The molecule has 4 heteroatoms. The number of carbonyl (C=O) groups is 1. The van der Waals surface area contributed by atoms with Gasteiger partial charge >= 0.3 is 0 Å². The van der Waals surface area contributed by atoms with Crippen molar-refractivity contribution in [2.75, 3.05) is 5.32 Å². The van der Waals surface area contributed by atoms with Crippen LogP contribution in [0.2, 0.25) is 0 Å². The number of anilines is 1. The molecule has 128 valence electrons. The van der Waals surface area contributed by atoms with Crippen molar-refractivity contribution in [1.82, 2.24) is 0 Å². The number of rotatable bonds is 6. The zero-order valence-electron chi connectivity index (χ0n) is 14.6. The lowest BCUT2D eigenvalue weighted by atomic mass is 9.92. The average molecular weight is 327 g/mol. The summed E-state index contributed by atoms with van der Waals surface area (Å²) in [6.07, 6.45) is 0. The number of aromatic hydroxyl groups is 2. The molecule has 0 unspecified atom stereocenters. The van der Waals surface area contributed by atoms with Crippen LogP contribution >= 0.6 is 0 Å². The third kappa shape index (κ3) is 3.70. The van der Waals surface area contributed by atoms with E-state index in [1.54, 1.807) is 24.3 Å². The summed E-state index contributed by atoms with van der Waals surface area (Å²) in [6.45, 7) is 8.30. The van der Waals surface area contributed by atoms with Crippen LogP contribution in [0, 0.1) is 11.8 Å². The van der Waals surface area contributed by atoms with Crippen LogP contribution in [0.3, 0.4) is 0 Å². The van der Waals surface area contributed by atoms with E-state index in [0.29, 0.717) is 17.4 Å². The summed E-state index contributed by atoms with van der Waals surface area (Å²) in [4.78, 5) is 12.6. The van der Waals surface area contributed by atoms with E-state index in [1.165, 1.54) is 12.1 Å². The van der Waals surface area contributed by atoms with Crippen molar-refractivity contribution in [3.63, 3.8) is 0 Å². The van der Waals surface area contributed by atoms with Crippen molar-refractivity contribution >= 4 is 11.5 Å². The van der Waals surface area contributed by atoms with Crippen LogP contribution in [0.15, 0.2) is 42.5 Å². The van der Waals surface area contributed by atoms with E-state index in [4.69, 9.17) is 0 Å². The molecule has 0 aliphatic rings. The number of carbonyl (C=O) groups excluding carboxylic acids is 1. The number of ketones is 1. The van der Waals surface area contributed by atoms with Crippen LogP contribution in [0.25, 0.3) is 0 Å². The Morgan fingerprint density at radius 3 is 2.04 bits per heavy atom. The maximum atomic E-state index is 12.6. The third-order valence-electron chi connectivity index (χ3n) is 4.18. The molecule has 2 rings (SSSR count). The van der Waals surface area contributed by atoms with Gasteiger partial charge in [-0.2, -0.15) is 0 Å². The Bertz CT molecular complexity index is 700. The average Bonchev–Trinajstić information content (AvgIpc) is 2.54. The molecule has 0 aliphatic heterocycles. The second kappa shape index (κ2) is 7.39. The summed E-state index contributed by atoms with van der Waals surface area (Å²) in [6, 6.07) is 11.7. The van der Waals surface area contributed by atoms with E-state index >= 15 is 0 Å². The molecule has 0 spiro atoms. The Hall–Kier alpha value is -2.49. The number of nitrogens with one attached hydrogen (secondary N) is 1. The molecule has 4 nitrogen and oxygen atoms in total. The lowest BCUT2D eigenvalue weighted by Crippen LogP contribution is -2.31. The molecule has 0 radical (unpaired) electrons. The maximum absolute atomic E-state index is 12.6. The van der Waals surface area contributed by atoms with Crippen molar-refractivity contribution in [3.05, 3.63) is 53.6 Å². The van der Waals surface area contributed by atoms with Crippen molar-refractivity contribution in [2.24, 2.45) is 11.8 Å². The largest absolute Gasteiger partial charge is 0.506 e. The van der Waals surface area contributed by atoms with Gasteiger partial charge in [-0.3, -0.25) is 4.79 Å². The van der Waals surface area contributed by atoms with Gasteiger partial charge in [-0.1, -0.05) is 58.0 Å². The number of hydrogen-bond donors (Lipinski definition) is 3. The van der Waals surface area contributed by atoms with Gasteiger partial charge in [-0.05, 0) is 24.0 Å². The molecule has 0 amide bonds. The summed E-state index contributed by atoms with van der Waals surface area (Å²) < 4.78 is 0. The first kappa shape index (κ1) is 17.9. The highest BCUT2D eigenvalue weighted by Crippen LogP contribution is 2.38. The molecule has 0 heterocycles. The second-order valence-electron chi connectivity index (χ2n) is 6.71. The normalized spacial score (nSPS) is 11.3. The van der Waals surface area contributed by atoms with E-state index in [9.17, 15) is 15.0 Å². The Morgan fingerprint density at radius 1 is 0.917 bits per heavy atom. The van der Waals surface area contributed by atoms with Gasteiger partial charge < -0.3 is 15.5 Å². The highest BCUT2D eigenvalue weighted by molar-refractivity contribution is 6.11. The first-order valence-corrected chi connectivity index (χ1v) is 8.24. The fourth-order valence-corrected chi connectivity index (χ4v) is 2.92. The Balaban J connectivity index is 2.42. The molecule has 0 aromatic heterocycles. The topological polar surface area (TPSA) is 69.6 Å².